The lowest BCUT2D eigenvalue weighted by Gasteiger charge is -2.34. The summed E-state index contributed by atoms with van der Waals surface area (Å²) in [6.07, 6.45) is 7.84. The van der Waals surface area contributed by atoms with E-state index in [0.29, 0.717) is 6.04 Å². The van der Waals surface area contributed by atoms with Crippen LogP contribution in [-0.4, -0.2) is 67.6 Å². The van der Waals surface area contributed by atoms with Crippen molar-refractivity contribution in [3.8, 4) is 0 Å². The van der Waals surface area contributed by atoms with E-state index in [1.165, 1.54) is 18.7 Å². The van der Waals surface area contributed by atoms with Gasteiger partial charge in [-0.2, -0.15) is 0 Å². The minimum atomic E-state index is 0.514. The van der Waals surface area contributed by atoms with Crippen LogP contribution in [0.3, 0.4) is 0 Å². The van der Waals surface area contributed by atoms with Crippen molar-refractivity contribution in [1.82, 2.24) is 20.4 Å². The largest absolute Gasteiger partial charge is 0.357 e. The Kier molecular flexibility index (Phi) is 8.18. The number of guanidine groups is 1. The van der Waals surface area contributed by atoms with Gasteiger partial charge in [0.2, 0.25) is 0 Å². The van der Waals surface area contributed by atoms with Gasteiger partial charge in [0.25, 0.3) is 0 Å². The lowest BCUT2D eigenvalue weighted by atomic mass is 10.2. The van der Waals surface area contributed by atoms with Gasteiger partial charge in [-0.1, -0.05) is 42.5 Å². The maximum Gasteiger partial charge on any atom is 0.191 e. The third kappa shape index (κ3) is 7.00. The summed E-state index contributed by atoms with van der Waals surface area (Å²) in [6, 6.07) is 11.3. The van der Waals surface area contributed by atoms with Crippen LogP contribution in [0.15, 0.2) is 47.5 Å². The van der Waals surface area contributed by atoms with Crippen LogP contribution in [0.4, 0.5) is 0 Å². The number of rotatable bonds is 8. The summed E-state index contributed by atoms with van der Waals surface area (Å²) < 4.78 is 0. The van der Waals surface area contributed by atoms with Crippen molar-refractivity contribution in [3.05, 3.63) is 48.0 Å². The Labute approximate surface area is 164 Å². The molecule has 5 nitrogen and oxygen atoms in total. The highest BCUT2D eigenvalue weighted by molar-refractivity contribution is 5.80. The molecule has 1 aromatic carbocycles. The fourth-order valence-electron chi connectivity index (χ4n) is 3.75. The smallest absolute Gasteiger partial charge is 0.191 e. The van der Waals surface area contributed by atoms with Crippen molar-refractivity contribution in [1.29, 1.82) is 0 Å². The van der Waals surface area contributed by atoms with E-state index < -0.39 is 0 Å². The summed E-state index contributed by atoms with van der Waals surface area (Å²) in [5.41, 5.74) is 1.42. The predicted octanol–water partition coefficient (Wildman–Crippen LogP) is 2.47. The molecule has 3 rings (SSSR count). The van der Waals surface area contributed by atoms with Crippen molar-refractivity contribution < 1.29 is 0 Å². The number of aliphatic imine (C=N–C) groups is 1. The quantitative estimate of drug-likeness (QED) is 0.320. The van der Waals surface area contributed by atoms with Crippen LogP contribution < -0.4 is 10.6 Å². The molecule has 0 atom stereocenters. The van der Waals surface area contributed by atoms with E-state index in [4.69, 9.17) is 4.99 Å². The number of nitrogens with zero attached hydrogens (tertiary/aromatic N) is 3. The standard InChI is InChI=1S/C22H35N5/c1-2-23-22(25-21-11-6-7-12-21)24-13-8-14-26-15-17-27(18-16-26)19-20-9-4-3-5-10-20/h3-7,9-10,21H,2,8,11-19H2,1H3,(H2,23,24,25). The maximum absolute atomic E-state index is 4.76. The van der Waals surface area contributed by atoms with Gasteiger partial charge in [-0.05, 0) is 31.7 Å². The topological polar surface area (TPSA) is 42.9 Å². The molecule has 5 heteroatoms. The van der Waals surface area contributed by atoms with Gasteiger partial charge >= 0.3 is 0 Å². The van der Waals surface area contributed by atoms with Gasteiger partial charge in [0.1, 0.15) is 0 Å². The zero-order valence-corrected chi connectivity index (χ0v) is 16.7. The number of benzene rings is 1. The van der Waals surface area contributed by atoms with Crippen LogP contribution in [0.2, 0.25) is 0 Å². The molecule has 1 saturated heterocycles. The normalized spacial score (nSPS) is 19.5. The van der Waals surface area contributed by atoms with Gasteiger partial charge in [-0.3, -0.25) is 9.89 Å². The number of hydrogen-bond acceptors (Lipinski definition) is 3. The van der Waals surface area contributed by atoms with E-state index >= 15 is 0 Å². The third-order valence-electron chi connectivity index (χ3n) is 5.31. The average molecular weight is 370 g/mol. The molecule has 1 aliphatic heterocycles. The van der Waals surface area contributed by atoms with E-state index in [1.807, 2.05) is 0 Å². The Balaban J connectivity index is 1.32. The Morgan fingerprint density at radius 1 is 1.04 bits per heavy atom. The van der Waals surface area contributed by atoms with Crippen molar-refractivity contribution in [2.24, 2.45) is 4.99 Å². The monoisotopic (exact) mass is 369 g/mol. The summed E-state index contributed by atoms with van der Waals surface area (Å²) in [5.74, 6) is 0.971. The fraction of sp³-hybridized carbons (Fsp3) is 0.591. The van der Waals surface area contributed by atoms with Crippen LogP contribution in [0.5, 0.6) is 0 Å². The highest BCUT2D eigenvalue weighted by Crippen LogP contribution is 2.10. The number of nitrogens with one attached hydrogen (secondary N) is 2. The van der Waals surface area contributed by atoms with Crippen LogP contribution in [0.25, 0.3) is 0 Å². The van der Waals surface area contributed by atoms with Crippen molar-refractivity contribution in [2.45, 2.75) is 38.8 Å². The van der Waals surface area contributed by atoms with Crippen molar-refractivity contribution in [3.63, 3.8) is 0 Å². The van der Waals surface area contributed by atoms with E-state index in [-0.39, 0.29) is 0 Å². The zero-order valence-electron chi connectivity index (χ0n) is 16.7. The lowest BCUT2D eigenvalue weighted by molar-refractivity contribution is 0.127. The van der Waals surface area contributed by atoms with Crippen molar-refractivity contribution in [2.75, 3.05) is 45.8 Å². The molecule has 0 bridgehead atoms. The van der Waals surface area contributed by atoms with Crippen LogP contribution in [0, 0.1) is 0 Å². The fourth-order valence-corrected chi connectivity index (χ4v) is 3.75. The Morgan fingerprint density at radius 2 is 1.74 bits per heavy atom. The van der Waals surface area contributed by atoms with Gasteiger partial charge in [-0.25, -0.2) is 0 Å². The molecule has 1 fully saturated rings. The van der Waals surface area contributed by atoms with Gasteiger partial charge in [0, 0.05) is 58.4 Å². The highest BCUT2D eigenvalue weighted by Gasteiger charge is 2.16. The Hall–Kier alpha value is -1.85. The molecule has 148 valence electrons. The first kappa shape index (κ1) is 19.9. The Morgan fingerprint density at radius 3 is 2.44 bits per heavy atom. The van der Waals surface area contributed by atoms with Gasteiger partial charge in [-0.15, -0.1) is 0 Å². The first-order valence-corrected chi connectivity index (χ1v) is 10.5. The molecule has 27 heavy (non-hydrogen) atoms. The van der Waals surface area contributed by atoms with Crippen LogP contribution in [0.1, 0.15) is 31.7 Å². The molecular formula is C22H35N5. The minimum Gasteiger partial charge on any atom is -0.357 e. The molecule has 0 amide bonds. The summed E-state index contributed by atoms with van der Waals surface area (Å²) in [4.78, 5) is 9.91. The zero-order chi connectivity index (χ0) is 18.7. The molecular weight excluding hydrogens is 334 g/mol. The molecule has 1 heterocycles. The number of hydrogen-bond donors (Lipinski definition) is 2. The first-order chi connectivity index (χ1) is 13.3. The van der Waals surface area contributed by atoms with Crippen LogP contribution in [-0.2, 0) is 6.54 Å². The molecule has 2 aliphatic rings. The molecule has 1 aromatic rings. The minimum absolute atomic E-state index is 0.514. The third-order valence-corrected chi connectivity index (χ3v) is 5.31. The summed E-state index contributed by atoms with van der Waals surface area (Å²) >= 11 is 0. The predicted molar refractivity (Wildman–Crippen MR) is 114 cm³/mol. The van der Waals surface area contributed by atoms with E-state index in [1.54, 1.807) is 0 Å². The Bertz CT molecular complexity index is 582. The molecule has 0 spiro atoms. The molecule has 0 unspecified atom stereocenters. The second kappa shape index (κ2) is 11.1. The summed E-state index contributed by atoms with van der Waals surface area (Å²) in [5, 5.41) is 6.91. The number of piperazine rings is 1. The van der Waals surface area contributed by atoms with Gasteiger partial charge in [0.15, 0.2) is 5.96 Å². The summed E-state index contributed by atoms with van der Waals surface area (Å²) in [6.45, 7) is 10.8. The molecule has 0 radical (unpaired) electrons. The van der Waals surface area contributed by atoms with E-state index in [2.05, 4.69) is 69.8 Å². The molecule has 0 saturated carbocycles. The average Bonchev–Trinajstić information content (AvgIpc) is 3.20. The lowest BCUT2D eigenvalue weighted by Crippen LogP contribution is -2.46. The summed E-state index contributed by atoms with van der Waals surface area (Å²) in [7, 11) is 0. The maximum atomic E-state index is 4.76. The second-order valence-corrected chi connectivity index (χ2v) is 7.50. The first-order valence-electron chi connectivity index (χ1n) is 10.5. The SMILES string of the molecule is CCNC(=NCCCN1CCN(Cc2ccccc2)CC1)NC1CC=CC1. The van der Waals surface area contributed by atoms with Gasteiger partial charge in [0.05, 0.1) is 0 Å². The second-order valence-electron chi connectivity index (χ2n) is 7.50. The van der Waals surface area contributed by atoms with Crippen LogP contribution >= 0.6 is 0 Å². The molecule has 1 aliphatic carbocycles. The van der Waals surface area contributed by atoms with E-state index in [9.17, 15) is 0 Å². The molecule has 0 aromatic heterocycles. The highest BCUT2D eigenvalue weighted by atomic mass is 15.3. The van der Waals surface area contributed by atoms with E-state index in [0.717, 1.165) is 64.5 Å². The van der Waals surface area contributed by atoms with Crippen molar-refractivity contribution >= 4 is 5.96 Å². The van der Waals surface area contributed by atoms with Gasteiger partial charge < -0.3 is 15.5 Å². The molecule has 2 N–H and O–H groups in total.